The van der Waals surface area contributed by atoms with Crippen molar-refractivity contribution in [1.82, 2.24) is 19.7 Å². The molecule has 4 aromatic rings. The van der Waals surface area contributed by atoms with Crippen molar-refractivity contribution >= 4 is 36.0 Å². The first kappa shape index (κ1) is 17.1. The van der Waals surface area contributed by atoms with Crippen molar-refractivity contribution in [3.05, 3.63) is 78.2 Å². The summed E-state index contributed by atoms with van der Waals surface area (Å²) < 4.78 is 1.86. The number of rotatable bonds is 4. The topological polar surface area (TPSA) is 43.6 Å². The van der Waals surface area contributed by atoms with Crippen molar-refractivity contribution in [3.8, 4) is 16.9 Å². The molecule has 0 spiro atoms. The Kier molecular flexibility index (Phi) is 4.97. The van der Waals surface area contributed by atoms with Crippen molar-refractivity contribution < 1.29 is 0 Å². The van der Waals surface area contributed by atoms with Gasteiger partial charge in [0.1, 0.15) is 5.69 Å². The summed E-state index contributed by atoms with van der Waals surface area (Å²) >= 11 is 11.8. The van der Waals surface area contributed by atoms with Gasteiger partial charge in [-0.3, -0.25) is 0 Å². The van der Waals surface area contributed by atoms with Gasteiger partial charge >= 0.3 is 0 Å². The molecule has 0 amide bonds. The number of halogens is 1. The summed E-state index contributed by atoms with van der Waals surface area (Å²) in [4.78, 5) is 10.4. The summed E-state index contributed by atoms with van der Waals surface area (Å²) in [5.74, 6) is 0. The van der Waals surface area contributed by atoms with Gasteiger partial charge in [-0.05, 0) is 36.4 Å². The van der Waals surface area contributed by atoms with E-state index in [1.807, 2.05) is 65.5 Å². The minimum Gasteiger partial charge on any atom is -0.239 e. The molecule has 0 saturated heterocycles. The van der Waals surface area contributed by atoms with Crippen molar-refractivity contribution in [2.24, 2.45) is 0 Å². The first-order valence-corrected chi connectivity index (χ1v) is 9.43. The molecule has 7 heteroatoms. The van der Waals surface area contributed by atoms with Crippen LogP contribution in [-0.4, -0.2) is 19.7 Å². The molecule has 0 unspecified atom stereocenters. The Balaban J connectivity index is 1.78. The van der Waals surface area contributed by atoms with E-state index in [1.165, 1.54) is 0 Å². The van der Waals surface area contributed by atoms with E-state index in [1.54, 1.807) is 24.2 Å². The first-order chi connectivity index (χ1) is 12.7. The highest BCUT2D eigenvalue weighted by Crippen LogP contribution is 2.36. The van der Waals surface area contributed by atoms with Gasteiger partial charge in [0, 0.05) is 34.1 Å². The molecule has 0 aliphatic rings. The van der Waals surface area contributed by atoms with Crippen LogP contribution in [0.3, 0.4) is 0 Å². The predicted octanol–water partition coefficient (Wildman–Crippen LogP) is 5.42. The molecule has 26 heavy (non-hydrogen) atoms. The fourth-order valence-corrected chi connectivity index (χ4v) is 3.59. The molecule has 0 saturated carbocycles. The zero-order valence-electron chi connectivity index (χ0n) is 13.5. The molecular weight excluding hydrogens is 384 g/mol. The standard InChI is InChI=1S/C19H13ClN4S2/c20-14-6-8-16(9-7-14)26-17-12-24(15-4-2-1-3-5-15)23-18(17)13-10-21-19(25)22-11-13/h1-12H,(H,21,22,25). The van der Waals surface area contributed by atoms with E-state index in [4.69, 9.17) is 16.7 Å². The predicted molar refractivity (Wildman–Crippen MR) is 107 cm³/mol. The van der Waals surface area contributed by atoms with Gasteiger partial charge in [0.15, 0.2) is 5.16 Å². The maximum atomic E-state index is 5.99. The molecule has 2 heterocycles. The van der Waals surface area contributed by atoms with Gasteiger partial charge < -0.3 is 0 Å². The Bertz CT molecular complexity index is 1020. The summed E-state index contributed by atoms with van der Waals surface area (Å²) in [6.07, 6.45) is 5.48. The van der Waals surface area contributed by atoms with Gasteiger partial charge in [0.25, 0.3) is 0 Å². The average molecular weight is 397 g/mol. The number of hydrogen-bond acceptors (Lipinski definition) is 5. The van der Waals surface area contributed by atoms with Crippen LogP contribution >= 0.6 is 36.0 Å². The molecule has 0 N–H and O–H groups in total. The molecule has 0 aliphatic carbocycles. The molecule has 0 atom stereocenters. The lowest BCUT2D eigenvalue weighted by molar-refractivity contribution is 0.880. The van der Waals surface area contributed by atoms with Crippen molar-refractivity contribution in [3.63, 3.8) is 0 Å². The minimum atomic E-state index is 0.433. The molecule has 0 fully saturated rings. The number of aromatic nitrogens is 4. The van der Waals surface area contributed by atoms with Crippen molar-refractivity contribution in [2.45, 2.75) is 14.9 Å². The number of para-hydroxylation sites is 1. The fraction of sp³-hybridized carbons (Fsp3) is 0. The maximum absolute atomic E-state index is 5.99. The van der Waals surface area contributed by atoms with Crippen LogP contribution < -0.4 is 0 Å². The van der Waals surface area contributed by atoms with Gasteiger partial charge in [-0.25, -0.2) is 14.6 Å². The monoisotopic (exact) mass is 396 g/mol. The lowest BCUT2D eigenvalue weighted by atomic mass is 10.2. The Hall–Kier alpha value is -2.28. The summed E-state index contributed by atoms with van der Waals surface area (Å²) in [7, 11) is 0. The molecule has 4 nitrogen and oxygen atoms in total. The lowest BCUT2D eigenvalue weighted by Gasteiger charge is -2.02. The van der Waals surface area contributed by atoms with E-state index in [2.05, 4.69) is 22.6 Å². The zero-order chi connectivity index (χ0) is 17.9. The number of thiol groups is 1. The molecule has 0 bridgehead atoms. The number of nitrogens with zero attached hydrogens (tertiary/aromatic N) is 4. The van der Waals surface area contributed by atoms with Crippen LogP contribution in [0.4, 0.5) is 0 Å². The van der Waals surface area contributed by atoms with Gasteiger partial charge in [0.05, 0.1) is 10.6 Å². The van der Waals surface area contributed by atoms with E-state index in [9.17, 15) is 0 Å². The second-order valence-corrected chi connectivity index (χ2v) is 7.40. The van der Waals surface area contributed by atoms with E-state index >= 15 is 0 Å². The molecule has 4 rings (SSSR count). The summed E-state index contributed by atoms with van der Waals surface area (Å²) in [6, 6.07) is 17.7. The van der Waals surface area contributed by atoms with Crippen LogP contribution in [0.15, 0.2) is 88.1 Å². The highest BCUT2D eigenvalue weighted by atomic mass is 35.5. The third kappa shape index (κ3) is 3.77. The van der Waals surface area contributed by atoms with E-state index in [0.29, 0.717) is 10.2 Å². The van der Waals surface area contributed by atoms with Gasteiger partial charge in [-0.1, -0.05) is 41.6 Å². The fourth-order valence-electron chi connectivity index (χ4n) is 2.42. The second kappa shape index (κ2) is 7.53. The molecule has 2 aromatic carbocycles. The molecule has 128 valence electrons. The summed E-state index contributed by atoms with van der Waals surface area (Å²) in [5.41, 5.74) is 2.65. The van der Waals surface area contributed by atoms with Gasteiger partial charge in [-0.15, -0.1) is 12.6 Å². The molecule has 2 aromatic heterocycles. The minimum absolute atomic E-state index is 0.433. The smallest absolute Gasteiger partial charge is 0.184 e. The number of hydrogen-bond donors (Lipinski definition) is 1. The van der Waals surface area contributed by atoms with E-state index in [-0.39, 0.29) is 0 Å². The third-order valence-corrected chi connectivity index (χ3v) is 5.16. The number of benzene rings is 2. The largest absolute Gasteiger partial charge is 0.239 e. The Morgan fingerprint density at radius 2 is 1.62 bits per heavy atom. The van der Waals surface area contributed by atoms with E-state index < -0.39 is 0 Å². The van der Waals surface area contributed by atoms with Crippen LogP contribution in [-0.2, 0) is 0 Å². The maximum Gasteiger partial charge on any atom is 0.184 e. The third-order valence-electron chi connectivity index (χ3n) is 3.65. The average Bonchev–Trinajstić information content (AvgIpc) is 3.09. The van der Waals surface area contributed by atoms with Crippen LogP contribution in [0.2, 0.25) is 5.02 Å². The van der Waals surface area contributed by atoms with Crippen LogP contribution in [0.5, 0.6) is 0 Å². The summed E-state index contributed by atoms with van der Waals surface area (Å²) in [5, 5.41) is 5.91. The van der Waals surface area contributed by atoms with Crippen molar-refractivity contribution in [1.29, 1.82) is 0 Å². The molecular formula is C19H13ClN4S2. The van der Waals surface area contributed by atoms with Crippen molar-refractivity contribution in [2.75, 3.05) is 0 Å². The molecule has 0 aliphatic heterocycles. The summed E-state index contributed by atoms with van der Waals surface area (Å²) in [6.45, 7) is 0. The quantitative estimate of drug-likeness (QED) is 0.369. The lowest BCUT2D eigenvalue weighted by Crippen LogP contribution is -1.94. The SMILES string of the molecule is Sc1ncc(-c2nn(-c3ccccc3)cc2Sc2ccc(Cl)cc2)cn1. The van der Waals surface area contributed by atoms with Gasteiger partial charge in [-0.2, -0.15) is 5.10 Å². The van der Waals surface area contributed by atoms with Gasteiger partial charge in [0.2, 0.25) is 0 Å². The molecule has 0 radical (unpaired) electrons. The first-order valence-electron chi connectivity index (χ1n) is 7.79. The highest BCUT2D eigenvalue weighted by Gasteiger charge is 2.14. The van der Waals surface area contributed by atoms with E-state index in [0.717, 1.165) is 26.7 Å². The Labute approximate surface area is 165 Å². The Morgan fingerprint density at radius 1 is 0.923 bits per heavy atom. The van der Waals surface area contributed by atoms with Crippen LogP contribution in [0.25, 0.3) is 16.9 Å². The Morgan fingerprint density at radius 3 is 2.31 bits per heavy atom. The second-order valence-electron chi connectivity index (χ2n) is 5.45. The zero-order valence-corrected chi connectivity index (χ0v) is 15.9. The van der Waals surface area contributed by atoms with Crippen LogP contribution in [0.1, 0.15) is 0 Å². The normalized spacial score (nSPS) is 10.8. The van der Waals surface area contributed by atoms with Crippen LogP contribution in [0, 0.1) is 0 Å². The highest BCUT2D eigenvalue weighted by molar-refractivity contribution is 7.99.